The zero-order valence-corrected chi connectivity index (χ0v) is 16.5. The van der Waals surface area contributed by atoms with Gasteiger partial charge in [0.05, 0.1) is 6.21 Å². The molecule has 0 aliphatic carbocycles. The molecule has 3 amide bonds. The normalized spacial score (nSPS) is 10.7. The highest BCUT2D eigenvalue weighted by atomic mass is 16.5. The molecular formula is C19H28N4O5. The summed E-state index contributed by atoms with van der Waals surface area (Å²) in [6.07, 6.45) is 1.84. The van der Waals surface area contributed by atoms with Gasteiger partial charge in [-0.15, -0.1) is 0 Å². The van der Waals surface area contributed by atoms with Crippen LogP contribution in [0.3, 0.4) is 0 Å². The van der Waals surface area contributed by atoms with Crippen molar-refractivity contribution in [1.29, 1.82) is 0 Å². The highest BCUT2D eigenvalue weighted by molar-refractivity contribution is 5.97. The maximum atomic E-state index is 11.6. The van der Waals surface area contributed by atoms with E-state index >= 15 is 0 Å². The SMILES string of the molecule is COCCCNC(=O)CC(=O)N/N=C/c1ccc(OCC(=O)NC(C)C)cc1. The molecular weight excluding hydrogens is 364 g/mol. The number of carbonyl (C=O) groups is 3. The van der Waals surface area contributed by atoms with Crippen molar-refractivity contribution in [1.82, 2.24) is 16.1 Å². The fraction of sp³-hybridized carbons (Fsp3) is 0.474. The molecule has 28 heavy (non-hydrogen) atoms. The summed E-state index contributed by atoms with van der Waals surface area (Å²) in [6, 6.07) is 6.91. The number of rotatable bonds is 12. The number of benzene rings is 1. The van der Waals surface area contributed by atoms with E-state index in [1.165, 1.54) is 6.21 Å². The Bertz CT molecular complexity index is 659. The van der Waals surface area contributed by atoms with Gasteiger partial charge in [0.1, 0.15) is 12.2 Å². The maximum Gasteiger partial charge on any atom is 0.258 e. The number of carbonyl (C=O) groups excluding carboxylic acids is 3. The summed E-state index contributed by atoms with van der Waals surface area (Å²) in [4.78, 5) is 34.7. The molecule has 0 fully saturated rings. The summed E-state index contributed by atoms with van der Waals surface area (Å²) in [5, 5.41) is 9.16. The highest BCUT2D eigenvalue weighted by Crippen LogP contribution is 2.10. The number of nitrogens with zero attached hydrogens (tertiary/aromatic N) is 1. The first-order chi connectivity index (χ1) is 13.4. The van der Waals surface area contributed by atoms with Gasteiger partial charge in [0.2, 0.25) is 11.8 Å². The third kappa shape index (κ3) is 10.9. The van der Waals surface area contributed by atoms with Gasteiger partial charge in [0.15, 0.2) is 6.61 Å². The largest absolute Gasteiger partial charge is 0.484 e. The van der Waals surface area contributed by atoms with Crippen LogP contribution < -0.4 is 20.8 Å². The minimum absolute atomic E-state index is 0.0603. The first-order valence-corrected chi connectivity index (χ1v) is 9.00. The Labute approximate surface area is 164 Å². The average Bonchev–Trinajstić information content (AvgIpc) is 2.64. The van der Waals surface area contributed by atoms with E-state index in [4.69, 9.17) is 9.47 Å². The lowest BCUT2D eigenvalue weighted by molar-refractivity contribution is -0.129. The zero-order chi connectivity index (χ0) is 20.8. The summed E-state index contributed by atoms with van der Waals surface area (Å²) in [5.74, 6) is -0.514. The lowest BCUT2D eigenvalue weighted by Crippen LogP contribution is -2.34. The number of hydrogen-bond donors (Lipinski definition) is 3. The van der Waals surface area contributed by atoms with Crippen LogP contribution in [0.4, 0.5) is 0 Å². The molecule has 154 valence electrons. The first kappa shape index (κ1) is 23.1. The van der Waals surface area contributed by atoms with Crippen molar-refractivity contribution in [3.8, 4) is 5.75 Å². The van der Waals surface area contributed by atoms with Crippen LogP contribution in [0.2, 0.25) is 0 Å². The third-order valence-electron chi connectivity index (χ3n) is 3.27. The Hall–Kier alpha value is -2.94. The van der Waals surface area contributed by atoms with Crippen molar-refractivity contribution >= 4 is 23.9 Å². The molecule has 0 aliphatic heterocycles. The van der Waals surface area contributed by atoms with Crippen molar-refractivity contribution in [2.45, 2.75) is 32.7 Å². The highest BCUT2D eigenvalue weighted by Gasteiger charge is 2.07. The molecule has 0 radical (unpaired) electrons. The van der Waals surface area contributed by atoms with E-state index in [0.29, 0.717) is 25.3 Å². The molecule has 1 aromatic carbocycles. The molecule has 9 heteroatoms. The average molecular weight is 392 g/mol. The number of hydrogen-bond acceptors (Lipinski definition) is 6. The Morgan fingerprint density at radius 1 is 1.11 bits per heavy atom. The van der Waals surface area contributed by atoms with Crippen LogP contribution in [0.25, 0.3) is 0 Å². The van der Waals surface area contributed by atoms with E-state index in [1.807, 2.05) is 13.8 Å². The molecule has 9 nitrogen and oxygen atoms in total. The fourth-order valence-corrected chi connectivity index (χ4v) is 2.03. The Morgan fingerprint density at radius 2 is 1.82 bits per heavy atom. The summed E-state index contributed by atoms with van der Waals surface area (Å²) in [5.41, 5.74) is 3.02. The van der Waals surface area contributed by atoms with Gasteiger partial charge in [0.25, 0.3) is 5.91 Å². The summed E-state index contributed by atoms with van der Waals surface area (Å²) < 4.78 is 10.2. The van der Waals surface area contributed by atoms with Gasteiger partial charge in [-0.25, -0.2) is 5.43 Å². The van der Waals surface area contributed by atoms with Crippen molar-refractivity contribution in [3.05, 3.63) is 29.8 Å². The van der Waals surface area contributed by atoms with E-state index < -0.39 is 5.91 Å². The number of amides is 3. The molecule has 0 saturated carbocycles. The Kier molecular flexibility index (Phi) is 10.9. The van der Waals surface area contributed by atoms with Crippen LogP contribution in [0, 0.1) is 0 Å². The molecule has 1 rings (SSSR count). The summed E-state index contributed by atoms with van der Waals surface area (Å²) in [6.45, 7) is 4.69. The molecule has 0 spiro atoms. The van der Waals surface area contributed by atoms with E-state index in [-0.39, 0.29) is 30.9 Å². The second-order valence-electron chi connectivity index (χ2n) is 6.25. The van der Waals surface area contributed by atoms with Crippen LogP contribution in [0.1, 0.15) is 32.3 Å². The van der Waals surface area contributed by atoms with Gasteiger partial charge in [0, 0.05) is 26.3 Å². The Morgan fingerprint density at radius 3 is 2.46 bits per heavy atom. The van der Waals surface area contributed by atoms with E-state index in [1.54, 1.807) is 31.4 Å². The quantitative estimate of drug-likeness (QED) is 0.208. The topological polar surface area (TPSA) is 118 Å². The maximum absolute atomic E-state index is 11.6. The van der Waals surface area contributed by atoms with Crippen LogP contribution in [-0.2, 0) is 19.1 Å². The van der Waals surface area contributed by atoms with E-state index in [9.17, 15) is 14.4 Å². The molecule has 0 saturated heterocycles. The second-order valence-corrected chi connectivity index (χ2v) is 6.25. The van der Waals surface area contributed by atoms with Crippen LogP contribution in [0.5, 0.6) is 5.75 Å². The number of nitrogens with one attached hydrogen (secondary N) is 3. The molecule has 0 aromatic heterocycles. The molecule has 3 N–H and O–H groups in total. The number of hydrazone groups is 1. The molecule has 0 bridgehead atoms. The number of methoxy groups -OCH3 is 1. The second kappa shape index (κ2) is 13.3. The molecule has 1 aromatic rings. The lowest BCUT2D eigenvalue weighted by Gasteiger charge is -2.09. The minimum Gasteiger partial charge on any atom is -0.484 e. The predicted molar refractivity (Wildman–Crippen MR) is 105 cm³/mol. The van der Waals surface area contributed by atoms with Crippen molar-refractivity contribution < 1.29 is 23.9 Å². The van der Waals surface area contributed by atoms with Crippen LogP contribution >= 0.6 is 0 Å². The van der Waals surface area contributed by atoms with Gasteiger partial charge in [-0.2, -0.15) is 5.10 Å². The van der Waals surface area contributed by atoms with Gasteiger partial charge in [-0.3, -0.25) is 14.4 Å². The van der Waals surface area contributed by atoms with E-state index in [0.717, 1.165) is 5.56 Å². The van der Waals surface area contributed by atoms with Crippen molar-refractivity contribution in [2.75, 3.05) is 26.9 Å². The minimum atomic E-state index is -0.503. The molecule has 0 unspecified atom stereocenters. The summed E-state index contributed by atoms with van der Waals surface area (Å²) >= 11 is 0. The number of ether oxygens (including phenoxy) is 2. The molecule has 0 heterocycles. The summed E-state index contributed by atoms with van der Waals surface area (Å²) in [7, 11) is 1.58. The smallest absolute Gasteiger partial charge is 0.258 e. The van der Waals surface area contributed by atoms with Gasteiger partial charge < -0.3 is 20.1 Å². The van der Waals surface area contributed by atoms with Gasteiger partial charge >= 0.3 is 0 Å². The molecule has 0 atom stereocenters. The zero-order valence-electron chi connectivity index (χ0n) is 16.5. The lowest BCUT2D eigenvalue weighted by atomic mass is 10.2. The van der Waals surface area contributed by atoms with Crippen LogP contribution in [0.15, 0.2) is 29.4 Å². The van der Waals surface area contributed by atoms with Gasteiger partial charge in [-0.05, 0) is 50.1 Å². The predicted octanol–water partition coefficient (Wildman–Crippen LogP) is 0.583. The van der Waals surface area contributed by atoms with Crippen molar-refractivity contribution in [2.24, 2.45) is 5.10 Å². The van der Waals surface area contributed by atoms with E-state index in [2.05, 4.69) is 21.2 Å². The standard InChI is InChI=1S/C19H28N4O5/c1-14(2)22-19(26)13-28-16-7-5-15(6-8-16)12-21-23-18(25)11-17(24)20-9-4-10-27-3/h5-8,12,14H,4,9-11,13H2,1-3H3,(H,20,24)(H,22,26)(H,23,25)/b21-12+. The Balaban J connectivity index is 2.31. The fourth-order valence-electron chi connectivity index (χ4n) is 2.03. The van der Waals surface area contributed by atoms with Crippen LogP contribution in [-0.4, -0.2) is 56.8 Å². The molecule has 0 aliphatic rings. The van der Waals surface area contributed by atoms with Crippen molar-refractivity contribution in [3.63, 3.8) is 0 Å². The van der Waals surface area contributed by atoms with Gasteiger partial charge in [-0.1, -0.05) is 0 Å². The third-order valence-corrected chi connectivity index (χ3v) is 3.27. The monoisotopic (exact) mass is 392 g/mol. The first-order valence-electron chi connectivity index (χ1n) is 9.00.